The van der Waals surface area contributed by atoms with Gasteiger partial charge in [-0.1, -0.05) is 12.1 Å². The van der Waals surface area contributed by atoms with Crippen molar-refractivity contribution in [2.75, 3.05) is 72.0 Å². The van der Waals surface area contributed by atoms with Crippen molar-refractivity contribution < 1.29 is 14.3 Å². The number of benzene rings is 1. The average Bonchev–Trinajstić information content (AvgIpc) is 2.61. The summed E-state index contributed by atoms with van der Waals surface area (Å²) in [6.45, 7) is 4.60. The van der Waals surface area contributed by atoms with Crippen molar-refractivity contribution >= 4 is 48.8 Å². The SMILES string of the molecule is COCC(N)C(=O)N1CCN(c2ccccc2OCCN(C)C)CC1.Cl.Cl.Cl. The lowest BCUT2D eigenvalue weighted by molar-refractivity contribution is -0.134. The number of hydrogen-bond donors (Lipinski definition) is 1. The van der Waals surface area contributed by atoms with Gasteiger partial charge in [0.05, 0.1) is 12.3 Å². The number of piperazine rings is 1. The first-order valence-electron chi connectivity index (χ1n) is 8.67. The largest absolute Gasteiger partial charge is 0.490 e. The third kappa shape index (κ3) is 8.59. The van der Waals surface area contributed by atoms with Crippen LogP contribution in [0.2, 0.25) is 0 Å². The van der Waals surface area contributed by atoms with Gasteiger partial charge in [0.1, 0.15) is 18.4 Å². The number of carbonyl (C=O) groups is 1. The van der Waals surface area contributed by atoms with Crippen LogP contribution in [0, 0.1) is 0 Å². The number of likely N-dealkylation sites (N-methyl/N-ethyl adjacent to an activating group) is 1. The molecule has 0 aromatic heterocycles. The van der Waals surface area contributed by atoms with Crippen molar-refractivity contribution in [2.45, 2.75) is 6.04 Å². The molecule has 1 aromatic rings. The van der Waals surface area contributed by atoms with Crippen molar-refractivity contribution in [1.82, 2.24) is 9.80 Å². The molecule has 1 amide bonds. The van der Waals surface area contributed by atoms with Crippen molar-refractivity contribution in [3.05, 3.63) is 24.3 Å². The number of rotatable bonds is 8. The van der Waals surface area contributed by atoms with Gasteiger partial charge in [-0.3, -0.25) is 4.79 Å². The van der Waals surface area contributed by atoms with Gasteiger partial charge in [0.2, 0.25) is 5.91 Å². The number of amides is 1. The van der Waals surface area contributed by atoms with E-state index in [2.05, 4.69) is 15.9 Å². The standard InChI is InChI=1S/C18H30N4O3.3ClH/c1-20(2)12-13-25-17-7-5-4-6-16(17)21-8-10-22(11-9-21)18(23)15(19)14-24-3;;;/h4-7,15H,8-14,19H2,1-3H3;3*1H. The van der Waals surface area contributed by atoms with Gasteiger partial charge in [-0.2, -0.15) is 0 Å². The number of nitrogens with zero attached hydrogens (tertiary/aromatic N) is 3. The smallest absolute Gasteiger partial charge is 0.241 e. The van der Waals surface area contributed by atoms with E-state index in [1.54, 1.807) is 7.11 Å². The Morgan fingerprint density at radius 3 is 2.32 bits per heavy atom. The van der Waals surface area contributed by atoms with Crippen LogP contribution in [-0.2, 0) is 9.53 Å². The molecule has 0 aliphatic carbocycles. The Morgan fingerprint density at radius 1 is 1.14 bits per heavy atom. The van der Waals surface area contributed by atoms with Crippen LogP contribution in [0.25, 0.3) is 0 Å². The van der Waals surface area contributed by atoms with Crippen LogP contribution in [0.15, 0.2) is 24.3 Å². The van der Waals surface area contributed by atoms with Crippen LogP contribution in [0.1, 0.15) is 0 Å². The molecule has 1 heterocycles. The summed E-state index contributed by atoms with van der Waals surface area (Å²) in [6, 6.07) is 7.48. The maximum absolute atomic E-state index is 12.3. The number of halogens is 3. The Bertz CT molecular complexity index is 559. The normalized spacial score (nSPS) is 14.5. The van der Waals surface area contributed by atoms with Crippen molar-refractivity contribution in [3.63, 3.8) is 0 Å². The monoisotopic (exact) mass is 458 g/mol. The van der Waals surface area contributed by atoms with Crippen LogP contribution >= 0.6 is 37.2 Å². The maximum Gasteiger partial charge on any atom is 0.241 e. The number of ether oxygens (including phenoxy) is 2. The van der Waals surface area contributed by atoms with Gasteiger partial charge in [-0.05, 0) is 26.2 Å². The molecule has 1 fully saturated rings. The fourth-order valence-corrected chi connectivity index (χ4v) is 2.83. The lowest BCUT2D eigenvalue weighted by Crippen LogP contribution is -2.54. The molecule has 0 spiro atoms. The van der Waals surface area contributed by atoms with E-state index in [0.29, 0.717) is 19.7 Å². The van der Waals surface area contributed by atoms with Crippen LogP contribution < -0.4 is 15.4 Å². The summed E-state index contributed by atoms with van der Waals surface area (Å²) in [5, 5.41) is 0. The minimum absolute atomic E-state index is 0. The molecule has 2 rings (SSSR count). The molecule has 1 aliphatic heterocycles. The summed E-state index contributed by atoms with van der Waals surface area (Å²) >= 11 is 0. The van der Waals surface area contributed by atoms with E-state index in [9.17, 15) is 4.79 Å². The molecule has 164 valence electrons. The molecule has 0 saturated carbocycles. The maximum atomic E-state index is 12.3. The van der Waals surface area contributed by atoms with Gasteiger partial charge in [0, 0.05) is 39.8 Å². The lowest BCUT2D eigenvalue weighted by Gasteiger charge is -2.37. The molecule has 1 aromatic carbocycles. The van der Waals surface area contributed by atoms with Crippen LogP contribution in [0.3, 0.4) is 0 Å². The molecule has 10 heteroatoms. The first-order valence-corrected chi connectivity index (χ1v) is 8.67. The Hall–Kier alpha value is -0.960. The average molecular weight is 460 g/mol. The molecular formula is C18H33Cl3N4O3. The Morgan fingerprint density at radius 2 is 1.75 bits per heavy atom. The summed E-state index contributed by atoms with van der Waals surface area (Å²) < 4.78 is 10.9. The molecule has 28 heavy (non-hydrogen) atoms. The van der Waals surface area contributed by atoms with Gasteiger partial charge >= 0.3 is 0 Å². The van der Waals surface area contributed by atoms with Gasteiger partial charge in [0.15, 0.2) is 0 Å². The number of nitrogens with two attached hydrogens (primary N) is 1. The first-order chi connectivity index (χ1) is 12.0. The number of carbonyl (C=O) groups excluding carboxylic acids is 1. The summed E-state index contributed by atoms with van der Waals surface area (Å²) in [5.41, 5.74) is 6.93. The first kappa shape index (κ1) is 29.2. The summed E-state index contributed by atoms with van der Waals surface area (Å²) in [6.07, 6.45) is 0. The lowest BCUT2D eigenvalue weighted by atomic mass is 10.2. The highest BCUT2D eigenvalue weighted by Gasteiger charge is 2.26. The summed E-state index contributed by atoms with van der Waals surface area (Å²) in [4.78, 5) is 18.4. The zero-order valence-electron chi connectivity index (χ0n) is 16.7. The quantitative estimate of drug-likeness (QED) is 0.635. The van der Waals surface area contributed by atoms with Crippen molar-refractivity contribution in [3.8, 4) is 5.75 Å². The third-order valence-corrected chi connectivity index (χ3v) is 4.26. The molecule has 1 atom stereocenters. The van der Waals surface area contributed by atoms with Crippen molar-refractivity contribution in [1.29, 1.82) is 0 Å². The zero-order chi connectivity index (χ0) is 18.2. The second-order valence-electron chi connectivity index (χ2n) is 6.49. The van der Waals surface area contributed by atoms with E-state index in [-0.39, 0.29) is 49.7 Å². The fourth-order valence-electron chi connectivity index (χ4n) is 2.83. The minimum atomic E-state index is -0.585. The summed E-state index contributed by atoms with van der Waals surface area (Å²) in [7, 11) is 5.61. The highest BCUT2D eigenvalue weighted by atomic mass is 35.5. The third-order valence-electron chi connectivity index (χ3n) is 4.26. The van der Waals surface area contributed by atoms with Crippen molar-refractivity contribution in [2.24, 2.45) is 5.73 Å². The molecule has 2 N–H and O–H groups in total. The molecule has 1 aliphatic rings. The molecule has 1 saturated heterocycles. The Labute approximate surface area is 186 Å². The molecule has 0 radical (unpaired) electrons. The van der Waals surface area contributed by atoms with Crippen LogP contribution in [0.4, 0.5) is 5.69 Å². The topological polar surface area (TPSA) is 71.3 Å². The highest BCUT2D eigenvalue weighted by Crippen LogP contribution is 2.28. The predicted octanol–water partition coefficient (Wildman–Crippen LogP) is 1.51. The van der Waals surface area contributed by atoms with Gasteiger partial charge in [-0.15, -0.1) is 37.2 Å². The van der Waals surface area contributed by atoms with Crippen LogP contribution in [0.5, 0.6) is 5.75 Å². The minimum Gasteiger partial charge on any atom is -0.490 e. The van der Waals surface area contributed by atoms with E-state index in [1.165, 1.54) is 0 Å². The van der Waals surface area contributed by atoms with Crippen LogP contribution in [-0.4, -0.2) is 88.9 Å². The number of hydrogen-bond acceptors (Lipinski definition) is 6. The highest BCUT2D eigenvalue weighted by molar-refractivity contribution is 5.86. The molecular weight excluding hydrogens is 427 g/mol. The number of methoxy groups -OCH3 is 1. The second-order valence-corrected chi connectivity index (χ2v) is 6.49. The summed E-state index contributed by atoms with van der Waals surface area (Å²) in [5.74, 6) is 0.845. The predicted molar refractivity (Wildman–Crippen MR) is 121 cm³/mol. The van der Waals surface area contributed by atoms with E-state index in [0.717, 1.165) is 31.1 Å². The van der Waals surface area contributed by atoms with E-state index in [1.807, 2.05) is 37.2 Å². The van der Waals surface area contributed by atoms with Gasteiger partial charge in [-0.25, -0.2) is 0 Å². The number of para-hydroxylation sites is 2. The van der Waals surface area contributed by atoms with Gasteiger partial charge in [0.25, 0.3) is 0 Å². The number of anilines is 1. The molecule has 7 nitrogen and oxygen atoms in total. The van der Waals surface area contributed by atoms with Gasteiger partial charge < -0.3 is 29.9 Å². The van der Waals surface area contributed by atoms with E-state index >= 15 is 0 Å². The molecule has 0 bridgehead atoms. The Kier molecular flexibility index (Phi) is 15.6. The van der Waals surface area contributed by atoms with E-state index < -0.39 is 6.04 Å². The zero-order valence-corrected chi connectivity index (χ0v) is 19.2. The fraction of sp³-hybridized carbons (Fsp3) is 0.611. The second kappa shape index (κ2) is 15.0. The molecule has 1 unspecified atom stereocenters. The Balaban J connectivity index is 0. The van der Waals surface area contributed by atoms with E-state index in [4.69, 9.17) is 15.2 Å².